The fraction of sp³-hybridized carbons (Fsp3) is 0.214. The number of nitrogens with one attached hydrogen (secondary N) is 2. The molecular weight excluding hydrogens is 288 g/mol. The maximum atomic E-state index is 12.5. The lowest BCUT2D eigenvalue weighted by Gasteiger charge is -2.15. The number of pyridine rings is 1. The minimum absolute atomic E-state index is 0.133. The number of benzene rings is 1. The zero-order chi connectivity index (χ0) is 15.6. The van der Waals surface area contributed by atoms with Crippen LogP contribution in [0, 0.1) is 20.8 Å². The molecule has 0 radical (unpaired) electrons. The molecule has 2 aromatic rings. The van der Waals surface area contributed by atoms with Crippen LogP contribution in [0.5, 0.6) is 0 Å². The SMILES string of the molecule is Cc1cc(C)c(NS(=O)(=O)c2ncccc2NN)c(C)c1. The quantitative estimate of drug-likeness (QED) is 0.593. The summed E-state index contributed by atoms with van der Waals surface area (Å²) in [5.74, 6) is 5.34. The monoisotopic (exact) mass is 306 g/mol. The first kappa shape index (κ1) is 15.3. The van der Waals surface area contributed by atoms with E-state index in [-0.39, 0.29) is 10.7 Å². The molecule has 0 amide bonds. The van der Waals surface area contributed by atoms with Gasteiger partial charge in [-0.05, 0) is 44.0 Å². The topological polar surface area (TPSA) is 97.1 Å². The minimum Gasteiger partial charge on any atom is -0.321 e. The highest BCUT2D eigenvalue weighted by Gasteiger charge is 2.21. The molecule has 0 atom stereocenters. The predicted molar refractivity (Wildman–Crippen MR) is 83.5 cm³/mol. The number of hydrazine groups is 1. The average Bonchev–Trinajstić information content (AvgIpc) is 2.43. The van der Waals surface area contributed by atoms with E-state index >= 15 is 0 Å². The number of nitrogen functional groups attached to an aromatic ring is 1. The zero-order valence-corrected chi connectivity index (χ0v) is 13.0. The molecule has 0 aliphatic heterocycles. The van der Waals surface area contributed by atoms with Crippen LogP contribution in [0.4, 0.5) is 11.4 Å². The minimum atomic E-state index is -3.82. The van der Waals surface area contributed by atoms with Gasteiger partial charge in [-0.2, -0.15) is 8.42 Å². The largest absolute Gasteiger partial charge is 0.321 e. The van der Waals surface area contributed by atoms with E-state index < -0.39 is 10.0 Å². The molecule has 0 saturated heterocycles. The first-order valence-corrected chi connectivity index (χ1v) is 7.86. The number of hydrogen-bond donors (Lipinski definition) is 3. The Balaban J connectivity index is 2.48. The number of aryl methyl sites for hydroxylation is 3. The second-order valence-corrected chi connectivity index (χ2v) is 6.48. The number of nitrogens with two attached hydrogens (primary N) is 1. The molecule has 6 nitrogen and oxygen atoms in total. The van der Waals surface area contributed by atoms with Gasteiger partial charge in [0.1, 0.15) is 0 Å². The van der Waals surface area contributed by atoms with Crippen molar-refractivity contribution in [1.82, 2.24) is 4.98 Å². The number of rotatable bonds is 4. The molecule has 1 aromatic heterocycles. The van der Waals surface area contributed by atoms with Gasteiger partial charge in [0, 0.05) is 6.20 Å². The smallest absolute Gasteiger partial charge is 0.281 e. The lowest BCUT2D eigenvalue weighted by molar-refractivity contribution is 0.598. The molecule has 1 aromatic carbocycles. The lowest BCUT2D eigenvalue weighted by atomic mass is 10.1. The number of sulfonamides is 1. The van der Waals surface area contributed by atoms with Crippen LogP contribution in [0.15, 0.2) is 35.5 Å². The maximum absolute atomic E-state index is 12.5. The fourth-order valence-electron chi connectivity index (χ4n) is 2.24. The zero-order valence-electron chi connectivity index (χ0n) is 12.1. The van der Waals surface area contributed by atoms with Gasteiger partial charge >= 0.3 is 0 Å². The fourth-order valence-corrected chi connectivity index (χ4v) is 3.54. The third kappa shape index (κ3) is 3.14. The molecule has 4 N–H and O–H groups in total. The maximum Gasteiger partial charge on any atom is 0.281 e. The summed E-state index contributed by atoms with van der Waals surface area (Å²) in [5, 5.41) is -0.133. The summed E-state index contributed by atoms with van der Waals surface area (Å²) in [6.07, 6.45) is 1.41. The van der Waals surface area contributed by atoms with Crippen molar-refractivity contribution in [2.75, 3.05) is 10.1 Å². The second-order valence-electron chi connectivity index (χ2n) is 4.88. The van der Waals surface area contributed by atoms with Crippen LogP contribution in [0.1, 0.15) is 16.7 Å². The van der Waals surface area contributed by atoms with Crippen LogP contribution in [-0.4, -0.2) is 13.4 Å². The van der Waals surface area contributed by atoms with Gasteiger partial charge in [0.05, 0.1) is 11.4 Å². The molecular formula is C14H18N4O2S. The molecule has 2 rings (SSSR count). The number of hydrogen-bond acceptors (Lipinski definition) is 5. The van der Waals surface area contributed by atoms with Crippen molar-refractivity contribution in [2.45, 2.75) is 25.8 Å². The van der Waals surface area contributed by atoms with E-state index in [1.807, 2.05) is 32.9 Å². The predicted octanol–water partition coefficient (Wildman–Crippen LogP) is 2.09. The Kier molecular flexibility index (Phi) is 4.15. The van der Waals surface area contributed by atoms with Crippen LogP contribution in [0.2, 0.25) is 0 Å². The Morgan fingerprint density at radius 2 is 1.76 bits per heavy atom. The number of nitrogens with zero attached hydrogens (tertiary/aromatic N) is 1. The van der Waals surface area contributed by atoms with Crippen LogP contribution in [0.25, 0.3) is 0 Å². The summed E-state index contributed by atoms with van der Waals surface area (Å²) in [5.41, 5.74) is 5.94. The van der Waals surface area contributed by atoms with Gasteiger partial charge in [0.2, 0.25) is 5.03 Å². The molecule has 0 aliphatic rings. The van der Waals surface area contributed by atoms with Gasteiger partial charge in [0.15, 0.2) is 0 Å². The molecule has 1 heterocycles. The van der Waals surface area contributed by atoms with Gasteiger partial charge < -0.3 is 5.43 Å². The van der Waals surface area contributed by atoms with Crippen molar-refractivity contribution in [2.24, 2.45) is 5.84 Å². The third-order valence-corrected chi connectivity index (χ3v) is 4.40. The highest BCUT2D eigenvalue weighted by Crippen LogP contribution is 2.26. The summed E-state index contributed by atoms with van der Waals surface area (Å²) in [7, 11) is -3.82. The van der Waals surface area contributed by atoms with Gasteiger partial charge in [-0.1, -0.05) is 17.7 Å². The molecule has 0 bridgehead atoms. The molecule has 112 valence electrons. The Labute approximate surface area is 124 Å². The Morgan fingerprint density at radius 1 is 1.14 bits per heavy atom. The standard InChI is InChI=1S/C14H18N4O2S/c1-9-7-10(2)13(11(3)8-9)18-21(19,20)14-12(17-15)5-4-6-16-14/h4-8,17-18H,15H2,1-3H3. The normalized spacial score (nSPS) is 11.2. The molecule has 21 heavy (non-hydrogen) atoms. The Morgan fingerprint density at radius 3 is 2.33 bits per heavy atom. The van der Waals surface area contributed by atoms with Crippen LogP contribution < -0.4 is 16.0 Å². The van der Waals surface area contributed by atoms with E-state index in [0.29, 0.717) is 5.69 Å². The third-order valence-electron chi connectivity index (χ3n) is 3.09. The van der Waals surface area contributed by atoms with E-state index in [1.54, 1.807) is 12.1 Å². The van der Waals surface area contributed by atoms with Crippen molar-refractivity contribution < 1.29 is 8.42 Å². The molecule has 0 spiro atoms. The number of anilines is 2. The van der Waals surface area contributed by atoms with E-state index in [4.69, 9.17) is 5.84 Å². The summed E-state index contributed by atoms with van der Waals surface area (Å²) in [4.78, 5) is 3.90. The highest BCUT2D eigenvalue weighted by molar-refractivity contribution is 7.92. The van der Waals surface area contributed by atoms with Crippen molar-refractivity contribution in [3.63, 3.8) is 0 Å². The Hall–Kier alpha value is -2.12. The molecule has 0 saturated carbocycles. The highest BCUT2D eigenvalue weighted by atomic mass is 32.2. The van der Waals surface area contributed by atoms with Gasteiger partial charge in [-0.25, -0.2) is 4.98 Å². The van der Waals surface area contributed by atoms with E-state index in [0.717, 1.165) is 16.7 Å². The van der Waals surface area contributed by atoms with Crippen molar-refractivity contribution >= 4 is 21.4 Å². The molecule has 0 aliphatic carbocycles. The van der Waals surface area contributed by atoms with Crippen molar-refractivity contribution in [3.05, 3.63) is 47.2 Å². The van der Waals surface area contributed by atoms with E-state index in [1.165, 1.54) is 6.20 Å². The molecule has 7 heteroatoms. The summed E-state index contributed by atoms with van der Waals surface area (Å²) >= 11 is 0. The van der Waals surface area contributed by atoms with Crippen molar-refractivity contribution in [3.8, 4) is 0 Å². The van der Waals surface area contributed by atoms with Crippen LogP contribution in [-0.2, 0) is 10.0 Å². The molecule has 0 fully saturated rings. The van der Waals surface area contributed by atoms with Crippen LogP contribution in [0.3, 0.4) is 0 Å². The van der Waals surface area contributed by atoms with Crippen LogP contribution >= 0.6 is 0 Å². The van der Waals surface area contributed by atoms with E-state index in [2.05, 4.69) is 15.1 Å². The lowest BCUT2D eigenvalue weighted by Crippen LogP contribution is -2.19. The number of aromatic nitrogens is 1. The van der Waals surface area contributed by atoms with Gasteiger partial charge in [-0.15, -0.1) is 0 Å². The summed E-state index contributed by atoms with van der Waals surface area (Å²) in [6.45, 7) is 5.68. The van der Waals surface area contributed by atoms with E-state index in [9.17, 15) is 8.42 Å². The average molecular weight is 306 g/mol. The first-order chi connectivity index (χ1) is 9.85. The molecule has 0 unspecified atom stereocenters. The van der Waals surface area contributed by atoms with Gasteiger partial charge in [-0.3, -0.25) is 10.6 Å². The van der Waals surface area contributed by atoms with Crippen molar-refractivity contribution in [1.29, 1.82) is 0 Å². The summed E-state index contributed by atoms with van der Waals surface area (Å²) in [6, 6.07) is 7.00. The summed E-state index contributed by atoms with van der Waals surface area (Å²) < 4.78 is 27.6. The Bertz CT molecular complexity index is 749. The first-order valence-electron chi connectivity index (χ1n) is 6.37. The second kappa shape index (κ2) is 5.71. The van der Waals surface area contributed by atoms with Gasteiger partial charge in [0.25, 0.3) is 10.0 Å².